The summed E-state index contributed by atoms with van der Waals surface area (Å²) in [7, 11) is 4.12. The molecule has 0 radical (unpaired) electrons. The van der Waals surface area contributed by atoms with Gasteiger partial charge < -0.3 is 4.90 Å². The molecule has 0 unspecified atom stereocenters. The Labute approximate surface area is 237 Å². The second kappa shape index (κ2) is 12.6. The normalized spacial score (nSPS) is 11.0. The van der Waals surface area contributed by atoms with Gasteiger partial charge in [-0.25, -0.2) is 15.0 Å². The summed E-state index contributed by atoms with van der Waals surface area (Å²) in [4.78, 5) is 42.0. The zero-order valence-corrected chi connectivity index (χ0v) is 23.3. The number of thiophene rings is 1. The van der Waals surface area contributed by atoms with Gasteiger partial charge in [0.15, 0.2) is 5.78 Å². The van der Waals surface area contributed by atoms with E-state index in [1.165, 1.54) is 28.2 Å². The molecule has 0 aliphatic rings. The van der Waals surface area contributed by atoms with Crippen molar-refractivity contribution in [3.8, 4) is 11.8 Å². The van der Waals surface area contributed by atoms with E-state index in [0.29, 0.717) is 19.4 Å². The number of carbonyl (C=O) groups is 1. The van der Waals surface area contributed by atoms with Crippen LogP contribution in [0.15, 0.2) is 83.5 Å². The Morgan fingerprint density at radius 1 is 1.05 bits per heavy atom. The average Bonchev–Trinajstić information content (AvgIpc) is 3.46. The highest BCUT2D eigenvalue weighted by atomic mass is 32.1. The topological polar surface area (TPSA) is 81.0 Å². The maximum Gasteiger partial charge on any atom is 0.264 e. The number of hydrogen-bond acceptors (Lipinski definition) is 7. The van der Waals surface area contributed by atoms with Gasteiger partial charge in [-0.1, -0.05) is 42.2 Å². The molecule has 3 aromatic heterocycles. The van der Waals surface area contributed by atoms with E-state index >= 15 is 0 Å². The molecule has 0 atom stereocenters. The van der Waals surface area contributed by atoms with Gasteiger partial charge in [0.1, 0.15) is 11.4 Å². The minimum atomic E-state index is -0.323. The largest absolute Gasteiger partial charge is 0.305 e. The predicted octanol–water partition coefficient (Wildman–Crippen LogP) is 4.96. The Morgan fingerprint density at radius 2 is 1.88 bits per heavy atom. The van der Waals surface area contributed by atoms with E-state index in [1.807, 2.05) is 41.9 Å². The second-order valence-corrected chi connectivity index (χ2v) is 10.9. The molecule has 200 valence electrons. The number of carbonyl (C=O) groups excluding carboxylic acids is 1. The van der Waals surface area contributed by atoms with Gasteiger partial charge in [-0.2, -0.15) is 0 Å². The molecule has 40 heavy (non-hydrogen) atoms. The van der Waals surface area contributed by atoms with E-state index < -0.39 is 0 Å². The minimum absolute atomic E-state index is 0.101. The van der Waals surface area contributed by atoms with Crippen LogP contribution in [0.4, 0.5) is 0 Å². The molecule has 8 heteroatoms. The van der Waals surface area contributed by atoms with Crippen molar-refractivity contribution >= 4 is 28.0 Å². The Bertz CT molecular complexity index is 1750. The molecule has 0 bridgehead atoms. The molecule has 0 fully saturated rings. The summed E-state index contributed by atoms with van der Waals surface area (Å²) in [6, 6.07) is 18.3. The molecule has 5 rings (SSSR count). The van der Waals surface area contributed by atoms with Gasteiger partial charge in [-0.15, -0.1) is 11.3 Å². The lowest BCUT2D eigenvalue weighted by Crippen LogP contribution is -2.26. The third-order valence-corrected chi connectivity index (χ3v) is 7.19. The van der Waals surface area contributed by atoms with E-state index in [2.05, 4.69) is 65.1 Å². The molecule has 0 saturated heterocycles. The first kappa shape index (κ1) is 27.1. The smallest absolute Gasteiger partial charge is 0.264 e. The Kier molecular flexibility index (Phi) is 8.55. The van der Waals surface area contributed by atoms with E-state index in [9.17, 15) is 9.59 Å². The van der Waals surface area contributed by atoms with E-state index in [1.54, 1.807) is 11.3 Å². The number of hydrogen-bond donors (Lipinski definition) is 0. The summed E-state index contributed by atoms with van der Waals surface area (Å²) >= 11 is 1.56. The lowest BCUT2D eigenvalue weighted by Gasteiger charge is -2.10. The second-order valence-electron chi connectivity index (χ2n) is 9.84. The summed E-state index contributed by atoms with van der Waals surface area (Å²) in [5, 5.41) is 2.86. The lowest BCUT2D eigenvalue weighted by molar-refractivity contribution is 0.0982. The standard InChI is InChI=1S/C32H29N5O2S/c1-36(2)20-25-11-9-24(10-12-25)17-31-34-18-26-16-23(13-14-29(26)35-31)6-3-4-8-30(38)28-19-33-22-37(32(28)39)21-27-7-5-15-40-27/h5,7,9-16,18-19,22H,4,8,17,20-21H2,1-2H3. The first-order valence-electron chi connectivity index (χ1n) is 13.0. The predicted molar refractivity (Wildman–Crippen MR) is 159 cm³/mol. The maximum absolute atomic E-state index is 12.7. The monoisotopic (exact) mass is 547 g/mol. The van der Waals surface area contributed by atoms with E-state index in [4.69, 9.17) is 4.98 Å². The highest BCUT2D eigenvalue weighted by molar-refractivity contribution is 7.09. The third kappa shape index (κ3) is 6.94. The van der Waals surface area contributed by atoms with Crippen LogP contribution in [0.3, 0.4) is 0 Å². The zero-order valence-electron chi connectivity index (χ0n) is 22.5. The van der Waals surface area contributed by atoms with Gasteiger partial charge in [0, 0.05) is 54.0 Å². The fourth-order valence-corrected chi connectivity index (χ4v) is 5.05. The van der Waals surface area contributed by atoms with E-state index in [-0.39, 0.29) is 23.3 Å². The van der Waals surface area contributed by atoms with Crippen molar-refractivity contribution in [2.75, 3.05) is 14.1 Å². The number of aromatic nitrogens is 4. The quantitative estimate of drug-likeness (QED) is 0.192. The third-order valence-electron chi connectivity index (χ3n) is 6.33. The van der Waals surface area contributed by atoms with Crippen LogP contribution in [0.25, 0.3) is 10.9 Å². The van der Waals surface area contributed by atoms with Crippen molar-refractivity contribution in [2.45, 2.75) is 32.4 Å². The fourth-order valence-electron chi connectivity index (χ4n) is 4.35. The van der Waals surface area contributed by atoms with Crippen molar-refractivity contribution < 1.29 is 4.79 Å². The molecule has 0 aliphatic carbocycles. The maximum atomic E-state index is 12.7. The zero-order chi connectivity index (χ0) is 27.9. The SMILES string of the molecule is CN(C)Cc1ccc(Cc2ncc3cc(C#CCCC(=O)c4cncn(Cc5cccs5)c4=O)ccc3n2)cc1. The van der Waals surface area contributed by atoms with Crippen LogP contribution in [0.2, 0.25) is 0 Å². The summed E-state index contributed by atoms with van der Waals surface area (Å²) < 4.78 is 1.47. The van der Waals surface area contributed by atoms with Gasteiger partial charge in [-0.05, 0) is 54.9 Å². The van der Waals surface area contributed by atoms with Crippen LogP contribution in [-0.2, 0) is 19.5 Å². The Balaban J connectivity index is 1.19. The number of benzene rings is 2. The molecule has 7 nitrogen and oxygen atoms in total. The Morgan fingerprint density at radius 3 is 2.65 bits per heavy atom. The van der Waals surface area contributed by atoms with Gasteiger partial charge in [0.2, 0.25) is 0 Å². The number of Topliss-reactive ketones (excluding diaryl/α,β-unsaturated/α-hetero) is 1. The van der Waals surface area contributed by atoms with Crippen LogP contribution in [0.5, 0.6) is 0 Å². The molecule has 0 saturated carbocycles. The van der Waals surface area contributed by atoms with Crippen LogP contribution in [0.1, 0.15) is 50.6 Å². The number of fused-ring (bicyclic) bond motifs is 1. The highest BCUT2D eigenvalue weighted by Crippen LogP contribution is 2.16. The van der Waals surface area contributed by atoms with Crippen molar-refractivity contribution in [2.24, 2.45) is 0 Å². The van der Waals surface area contributed by atoms with Crippen molar-refractivity contribution in [3.05, 3.63) is 122 Å². The number of ketones is 1. The summed E-state index contributed by atoms with van der Waals surface area (Å²) in [6.07, 6.45) is 5.82. The Hall–Kier alpha value is -4.45. The minimum Gasteiger partial charge on any atom is -0.305 e. The highest BCUT2D eigenvalue weighted by Gasteiger charge is 2.13. The van der Waals surface area contributed by atoms with Crippen molar-refractivity contribution in [1.82, 2.24) is 24.4 Å². The fraction of sp³-hybridized carbons (Fsp3) is 0.219. The molecule has 0 spiro atoms. The first-order chi connectivity index (χ1) is 19.4. The van der Waals surface area contributed by atoms with Gasteiger partial charge in [-0.3, -0.25) is 14.2 Å². The first-order valence-corrected chi connectivity index (χ1v) is 13.9. The van der Waals surface area contributed by atoms with Crippen LogP contribution < -0.4 is 5.56 Å². The molecule has 0 amide bonds. The van der Waals surface area contributed by atoms with Crippen LogP contribution >= 0.6 is 11.3 Å². The molecule has 5 aromatic rings. The summed E-state index contributed by atoms with van der Waals surface area (Å²) in [5.74, 6) is 6.69. The van der Waals surface area contributed by atoms with Gasteiger partial charge in [0.25, 0.3) is 5.56 Å². The van der Waals surface area contributed by atoms with Crippen molar-refractivity contribution in [3.63, 3.8) is 0 Å². The molecule has 0 N–H and O–H groups in total. The van der Waals surface area contributed by atoms with Gasteiger partial charge >= 0.3 is 0 Å². The summed E-state index contributed by atoms with van der Waals surface area (Å²) in [5.41, 5.74) is 3.92. The molecule has 3 heterocycles. The summed E-state index contributed by atoms with van der Waals surface area (Å²) in [6.45, 7) is 1.32. The molecule has 2 aromatic carbocycles. The molecular formula is C32H29N5O2S. The average molecular weight is 548 g/mol. The number of nitrogens with zero attached hydrogens (tertiary/aromatic N) is 5. The molecular weight excluding hydrogens is 518 g/mol. The van der Waals surface area contributed by atoms with Crippen LogP contribution in [0, 0.1) is 11.8 Å². The van der Waals surface area contributed by atoms with Gasteiger partial charge in [0.05, 0.1) is 18.4 Å². The van der Waals surface area contributed by atoms with Crippen molar-refractivity contribution in [1.29, 1.82) is 0 Å². The molecule has 0 aliphatic heterocycles. The number of rotatable bonds is 9. The van der Waals surface area contributed by atoms with Crippen LogP contribution in [-0.4, -0.2) is 44.3 Å². The van der Waals surface area contributed by atoms with E-state index in [0.717, 1.165) is 33.7 Å². The lowest BCUT2D eigenvalue weighted by atomic mass is 10.1.